The number of nitrogens with zero attached hydrogens (tertiary/aromatic N) is 8. The summed E-state index contributed by atoms with van der Waals surface area (Å²) in [6.45, 7) is 5.99. The molecular weight excluding hydrogens is 480 g/mol. The lowest BCUT2D eigenvalue weighted by atomic mass is 10.0. The number of para-hydroxylation sites is 1. The molecule has 10 nitrogen and oxygen atoms in total. The molecule has 0 spiro atoms. The molecule has 5 heterocycles. The van der Waals surface area contributed by atoms with E-state index in [9.17, 15) is 9.90 Å². The van der Waals surface area contributed by atoms with Gasteiger partial charge in [-0.2, -0.15) is 0 Å². The van der Waals surface area contributed by atoms with Gasteiger partial charge in [0, 0.05) is 74.2 Å². The van der Waals surface area contributed by atoms with Crippen molar-refractivity contribution in [3.05, 3.63) is 61.3 Å². The van der Waals surface area contributed by atoms with E-state index in [0.29, 0.717) is 12.5 Å². The number of imidazole rings is 1. The maximum Gasteiger partial charge on any atom is 0.242 e. The number of carbonyl (C=O) groups is 1. The van der Waals surface area contributed by atoms with Gasteiger partial charge < -0.3 is 24.4 Å². The molecule has 1 amide bonds. The van der Waals surface area contributed by atoms with Crippen LogP contribution in [0.25, 0.3) is 22.3 Å². The van der Waals surface area contributed by atoms with E-state index in [1.54, 1.807) is 12.5 Å². The van der Waals surface area contributed by atoms with Crippen LogP contribution in [-0.2, 0) is 11.3 Å². The molecule has 4 aromatic rings. The number of carbonyl (C=O) groups excluding carboxylic acids is 1. The second kappa shape index (κ2) is 10.4. The summed E-state index contributed by atoms with van der Waals surface area (Å²) in [4.78, 5) is 37.7. The molecule has 2 fully saturated rings. The first-order valence-corrected chi connectivity index (χ1v) is 13.2. The van der Waals surface area contributed by atoms with E-state index in [1.807, 2.05) is 46.1 Å². The van der Waals surface area contributed by atoms with Gasteiger partial charge in [-0.05, 0) is 38.0 Å². The second-order valence-electron chi connectivity index (χ2n) is 10.1. The van der Waals surface area contributed by atoms with Gasteiger partial charge in [-0.25, -0.2) is 19.9 Å². The number of piperidine rings is 1. The highest BCUT2D eigenvalue weighted by Gasteiger charge is 2.29. The monoisotopic (exact) mass is 512 g/mol. The Morgan fingerprint density at radius 3 is 2.53 bits per heavy atom. The first-order chi connectivity index (χ1) is 18.6. The van der Waals surface area contributed by atoms with Gasteiger partial charge in [-0.15, -0.1) is 0 Å². The third-order valence-electron chi connectivity index (χ3n) is 7.57. The van der Waals surface area contributed by atoms with Gasteiger partial charge in [0.25, 0.3) is 0 Å². The number of piperazine rings is 1. The molecule has 196 valence electrons. The van der Waals surface area contributed by atoms with Gasteiger partial charge in [0.05, 0.1) is 12.4 Å². The molecule has 0 saturated carbocycles. The minimum atomic E-state index is -0.224. The number of hydrogen-bond donors (Lipinski definition) is 1. The molecule has 6 rings (SSSR count). The Bertz CT molecular complexity index is 1410. The maximum absolute atomic E-state index is 13.2. The highest BCUT2D eigenvalue weighted by molar-refractivity contribution is 5.81. The Labute approximate surface area is 221 Å². The zero-order chi connectivity index (χ0) is 26.1. The molecule has 1 N–H and O–H groups in total. The lowest BCUT2D eigenvalue weighted by molar-refractivity contribution is -0.134. The number of aliphatic hydroxyl groups excluding tert-OH is 1. The predicted molar refractivity (Wildman–Crippen MR) is 146 cm³/mol. The Morgan fingerprint density at radius 1 is 0.947 bits per heavy atom. The summed E-state index contributed by atoms with van der Waals surface area (Å²) in [5.41, 5.74) is 4.69. The minimum absolute atomic E-state index is 0.0557. The summed E-state index contributed by atoms with van der Waals surface area (Å²) in [5, 5.41) is 9.78. The van der Waals surface area contributed by atoms with Crippen LogP contribution >= 0.6 is 0 Å². The van der Waals surface area contributed by atoms with Gasteiger partial charge >= 0.3 is 0 Å². The van der Waals surface area contributed by atoms with Crippen molar-refractivity contribution < 1.29 is 9.90 Å². The van der Waals surface area contributed by atoms with Crippen LogP contribution in [0, 0.1) is 0 Å². The summed E-state index contributed by atoms with van der Waals surface area (Å²) in [7, 11) is 0. The van der Waals surface area contributed by atoms with Gasteiger partial charge in [-0.1, -0.05) is 18.2 Å². The van der Waals surface area contributed by atoms with E-state index in [2.05, 4.69) is 48.8 Å². The van der Waals surface area contributed by atoms with Crippen LogP contribution in [-0.4, -0.2) is 85.3 Å². The third kappa shape index (κ3) is 4.79. The lowest BCUT2D eigenvalue weighted by Crippen LogP contribution is -2.54. The normalized spacial score (nSPS) is 18.8. The van der Waals surface area contributed by atoms with Crippen LogP contribution in [0.5, 0.6) is 0 Å². The Balaban J connectivity index is 1.14. The van der Waals surface area contributed by atoms with E-state index in [-0.39, 0.29) is 24.6 Å². The van der Waals surface area contributed by atoms with Gasteiger partial charge in [0.15, 0.2) is 5.65 Å². The van der Waals surface area contributed by atoms with E-state index in [0.717, 1.165) is 67.0 Å². The van der Waals surface area contributed by atoms with Crippen molar-refractivity contribution in [3.63, 3.8) is 0 Å². The third-order valence-corrected chi connectivity index (χ3v) is 7.57. The summed E-state index contributed by atoms with van der Waals surface area (Å²) in [5.74, 6) is 0.782. The molecule has 1 unspecified atom stereocenters. The van der Waals surface area contributed by atoms with Crippen molar-refractivity contribution in [1.29, 1.82) is 0 Å². The quantitative estimate of drug-likeness (QED) is 0.435. The van der Waals surface area contributed by atoms with E-state index in [4.69, 9.17) is 0 Å². The zero-order valence-electron chi connectivity index (χ0n) is 21.5. The second-order valence-corrected chi connectivity index (χ2v) is 10.1. The molecule has 1 atom stereocenters. The van der Waals surface area contributed by atoms with Crippen LogP contribution in [0.2, 0.25) is 0 Å². The average molecular weight is 513 g/mol. The fourth-order valence-electron chi connectivity index (χ4n) is 5.48. The number of fused-ring (bicyclic) bond motifs is 1. The first-order valence-electron chi connectivity index (χ1n) is 13.2. The Kier molecular flexibility index (Phi) is 6.63. The summed E-state index contributed by atoms with van der Waals surface area (Å²) in [6, 6.07) is 12.1. The van der Waals surface area contributed by atoms with Crippen molar-refractivity contribution >= 4 is 28.7 Å². The van der Waals surface area contributed by atoms with E-state index >= 15 is 0 Å². The fourth-order valence-corrected chi connectivity index (χ4v) is 5.48. The molecule has 2 aliphatic heterocycles. The van der Waals surface area contributed by atoms with Gasteiger partial charge in [0.1, 0.15) is 12.1 Å². The lowest BCUT2D eigenvalue weighted by Gasteiger charge is -2.41. The number of anilines is 2. The molecular formula is C28H32N8O2. The standard InChI is InChI=1S/C28H32N8O2/c1-20-17-34(13-14-36(20)26(38)18-35-19-32-24-6-4-10-29-27(24)35)25-7-3-2-5-23(25)21-15-30-28(31-16-21)33-11-8-22(37)9-12-33/h2-7,10,15-16,19-20,22,37H,8-9,11-14,17-18H2,1H3. The van der Waals surface area contributed by atoms with E-state index < -0.39 is 0 Å². The molecule has 0 bridgehead atoms. The summed E-state index contributed by atoms with van der Waals surface area (Å²) < 4.78 is 1.82. The molecule has 3 aromatic heterocycles. The number of aromatic nitrogens is 5. The molecule has 2 saturated heterocycles. The predicted octanol–water partition coefficient (Wildman–Crippen LogP) is 2.59. The molecule has 1 aromatic carbocycles. The van der Waals surface area contributed by atoms with Crippen LogP contribution in [0.1, 0.15) is 19.8 Å². The number of hydrogen-bond acceptors (Lipinski definition) is 8. The number of amides is 1. The number of aliphatic hydroxyl groups is 1. The minimum Gasteiger partial charge on any atom is -0.393 e. The Hall–Kier alpha value is -4.05. The summed E-state index contributed by atoms with van der Waals surface area (Å²) >= 11 is 0. The van der Waals surface area contributed by atoms with Gasteiger partial charge in [-0.3, -0.25) is 4.79 Å². The van der Waals surface area contributed by atoms with Crippen molar-refractivity contribution in [2.75, 3.05) is 42.5 Å². The average Bonchev–Trinajstić information content (AvgIpc) is 3.36. The first kappa shape index (κ1) is 24.3. The molecule has 2 aliphatic rings. The SMILES string of the molecule is CC1CN(c2ccccc2-c2cnc(N3CCC(O)CC3)nc2)CCN1C(=O)Cn1cnc2cccnc21. The molecule has 38 heavy (non-hydrogen) atoms. The highest BCUT2D eigenvalue weighted by Crippen LogP contribution is 2.32. The molecule has 0 aliphatic carbocycles. The largest absolute Gasteiger partial charge is 0.393 e. The number of benzene rings is 1. The molecule has 0 radical (unpaired) electrons. The Morgan fingerprint density at radius 2 is 1.74 bits per heavy atom. The van der Waals surface area contributed by atoms with Crippen molar-refractivity contribution in [2.45, 2.75) is 38.5 Å². The fraction of sp³-hybridized carbons (Fsp3) is 0.393. The van der Waals surface area contributed by atoms with Crippen LogP contribution in [0.4, 0.5) is 11.6 Å². The van der Waals surface area contributed by atoms with Crippen molar-refractivity contribution in [3.8, 4) is 11.1 Å². The topological polar surface area (TPSA) is 104 Å². The highest BCUT2D eigenvalue weighted by atomic mass is 16.3. The number of pyridine rings is 1. The van der Waals surface area contributed by atoms with Crippen molar-refractivity contribution in [1.82, 2.24) is 29.4 Å². The van der Waals surface area contributed by atoms with Crippen LogP contribution in [0.15, 0.2) is 61.3 Å². The van der Waals surface area contributed by atoms with Crippen molar-refractivity contribution in [2.24, 2.45) is 0 Å². The molecule has 10 heteroatoms. The zero-order valence-corrected chi connectivity index (χ0v) is 21.5. The number of rotatable bonds is 5. The van der Waals surface area contributed by atoms with E-state index in [1.165, 1.54) is 0 Å². The van der Waals surface area contributed by atoms with Crippen LogP contribution < -0.4 is 9.80 Å². The maximum atomic E-state index is 13.2. The van der Waals surface area contributed by atoms with Gasteiger partial charge in [0.2, 0.25) is 11.9 Å². The van der Waals surface area contributed by atoms with Crippen LogP contribution in [0.3, 0.4) is 0 Å². The summed E-state index contributed by atoms with van der Waals surface area (Å²) in [6.07, 6.45) is 8.46. The smallest absolute Gasteiger partial charge is 0.242 e.